The lowest BCUT2D eigenvalue weighted by molar-refractivity contribution is -0.113. The minimum absolute atomic E-state index is 0.279. The minimum Gasteiger partial charge on any atom is -0.504 e. The molecule has 0 aliphatic heterocycles. The van der Waals surface area contributed by atoms with Gasteiger partial charge in [-0.25, -0.2) is 0 Å². The van der Waals surface area contributed by atoms with Gasteiger partial charge < -0.3 is 9.84 Å². The average molecular weight is 296 g/mol. The maximum atomic E-state index is 11.6. The molecule has 0 radical (unpaired) electrons. The van der Waals surface area contributed by atoms with E-state index >= 15 is 0 Å². The van der Waals surface area contributed by atoms with Gasteiger partial charge in [0.2, 0.25) is 5.78 Å². The predicted octanol–water partition coefficient (Wildman–Crippen LogP) is 4.04. The van der Waals surface area contributed by atoms with Crippen LogP contribution in [0.2, 0.25) is 0 Å². The van der Waals surface area contributed by atoms with E-state index < -0.39 is 5.78 Å². The number of carbonyl (C=O) groups excluding carboxylic acids is 1. The van der Waals surface area contributed by atoms with Gasteiger partial charge in [0.25, 0.3) is 0 Å². The lowest BCUT2D eigenvalue weighted by Crippen LogP contribution is -2.09. The van der Waals surface area contributed by atoms with E-state index in [-0.39, 0.29) is 5.76 Å². The fraction of sp³-hybridized carbons (Fsp3) is 0.263. The van der Waals surface area contributed by atoms with Crippen molar-refractivity contribution in [1.29, 1.82) is 0 Å². The Morgan fingerprint density at radius 1 is 1.23 bits per heavy atom. The molecule has 0 bridgehead atoms. The van der Waals surface area contributed by atoms with E-state index in [1.165, 1.54) is 17.7 Å². The van der Waals surface area contributed by atoms with Crippen LogP contribution in [0, 0.1) is 0 Å². The molecule has 0 heterocycles. The van der Waals surface area contributed by atoms with Crippen molar-refractivity contribution in [1.82, 2.24) is 0 Å². The van der Waals surface area contributed by atoms with E-state index in [0.717, 1.165) is 19.3 Å². The van der Waals surface area contributed by atoms with E-state index in [2.05, 4.69) is 12.7 Å². The van der Waals surface area contributed by atoms with Crippen molar-refractivity contribution in [2.45, 2.75) is 26.2 Å². The third kappa shape index (κ3) is 4.51. The molecule has 0 amide bonds. The monoisotopic (exact) mass is 296 g/mol. The second-order valence-electron chi connectivity index (χ2n) is 5.06. The average Bonchev–Trinajstić information content (AvgIpc) is 2.53. The Balaban J connectivity index is 2.15. The highest BCUT2D eigenvalue weighted by atomic mass is 16.5. The van der Waals surface area contributed by atoms with Crippen LogP contribution in [0.3, 0.4) is 0 Å². The van der Waals surface area contributed by atoms with Crippen LogP contribution in [0.15, 0.2) is 71.4 Å². The molecular weight excluding hydrogens is 276 g/mol. The van der Waals surface area contributed by atoms with Gasteiger partial charge in [-0.1, -0.05) is 43.7 Å². The summed E-state index contributed by atoms with van der Waals surface area (Å²) in [6, 6.07) is 10.0. The first-order chi connectivity index (χ1) is 10.7. The van der Waals surface area contributed by atoms with Gasteiger partial charge in [-0.05, 0) is 24.5 Å². The number of unbranched alkanes of at least 4 members (excludes halogenated alkanes) is 1. The zero-order valence-electron chi connectivity index (χ0n) is 12.7. The van der Waals surface area contributed by atoms with E-state index in [9.17, 15) is 9.90 Å². The van der Waals surface area contributed by atoms with Gasteiger partial charge in [0.1, 0.15) is 5.76 Å². The summed E-state index contributed by atoms with van der Waals surface area (Å²) in [4.78, 5) is 11.6. The van der Waals surface area contributed by atoms with Gasteiger partial charge in [0.05, 0.1) is 12.2 Å². The smallest absolute Gasteiger partial charge is 0.223 e. The molecule has 0 saturated carbocycles. The van der Waals surface area contributed by atoms with Gasteiger partial charge >= 0.3 is 0 Å². The summed E-state index contributed by atoms with van der Waals surface area (Å²) in [5.74, 6) is -0.237. The molecule has 22 heavy (non-hydrogen) atoms. The fourth-order valence-electron chi connectivity index (χ4n) is 2.00. The molecule has 2 rings (SSSR count). The summed E-state index contributed by atoms with van der Waals surface area (Å²) >= 11 is 0. The Morgan fingerprint density at radius 3 is 2.73 bits per heavy atom. The largest absolute Gasteiger partial charge is 0.504 e. The molecule has 3 nitrogen and oxygen atoms in total. The Labute approximate surface area is 130 Å². The highest BCUT2D eigenvalue weighted by Crippen LogP contribution is 2.20. The number of carbonyl (C=O) groups is 1. The molecule has 3 heteroatoms. The summed E-state index contributed by atoms with van der Waals surface area (Å²) < 4.78 is 5.62. The van der Waals surface area contributed by atoms with Crippen molar-refractivity contribution in [3.05, 3.63) is 76.9 Å². The number of hydrogen-bond acceptors (Lipinski definition) is 3. The van der Waals surface area contributed by atoms with Crippen LogP contribution < -0.4 is 0 Å². The van der Waals surface area contributed by atoms with Gasteiger partial charge in [0.15, 0.2) is 5.76 Å². The van der Waals surface area contributed by atoms with Crippen LogP contribution in [0.5, 0.6) is 0 Å². The number of aliphatic hydroxyl groups excluding tert-OH is 1. The van der Waals surface area contributed by atoms with Crippen LogP contribution in [-0.2, 0) is 16.0 Å². The number of hydrogen-bond donors (Lipinski definition) is 1. The van der Waals surface area contributed by atoms with Crippen molar-refractivity contribution >= 4 is 5.78 Å². The van der Waals surface area contributed by atoms with Gasteiger partial charge in [-0.2, -0.15) is 0 Å². The van der Waals surface area contributed by atoms with Crippen LogP contribution in [-0.4, -0.2) is 17.5 Å². The van der Waals surface area contributed by atoms with Crippen molar-refractivity contribution in [2.24, 2.45) is 0 Å². The topological polar surface area (TPSA) is 46.5 Å². The summed E-state index contributed by atoms with van der Waals surface area (Å²) in [6.45, 7) is 2.63. The Bertz CT molecular complexity index is 645. The van der Waals surface area contributed by atoms with Gasteiger partial charge in [-0.3, -0.25) is 4.79 Å². The van der Waals surface area contributed by atoms with Crippen molar-refractivity contribution in [2.75, 3.05) is 6.61 Å². The highest BCUT2D eigenvalue weighted by Gasteiger charge is 2.17. The van der Waals surface area contributed by atoms with Gasteiger partial charge in [-0.15, -0.1) is 5.73 Å². The quantitative estimate of drug-likeness (QED) is 0.636. The molecule has 1 aliphatic rings. The fourth-order valence-corrected chi connectivity index (χ4v) is 2.00. The van der Waals surface area contributed by atoms with Crippen LogP contribution in [0.4, 0.5) is 0 Å². The predicted molar refractivity (Wildman–Crippen MR) is 86.4 cm³/mol. The number of ketones is 1. The first-order valence-electron chi connectivity index (χ1n) is 7.49. The lowest BCUT2D eigenvalue weighted by Gasteiger charge is -2.13. The lowest BCUT2D eigenvalue weighted by atomic mass is 10.1. The zero-order chi connectivity index (χ0) is 15.8. The second-order valence-corrected chi connectivity index (χ2v) is 5.06. The molecule has 0 atom stereocenters. The second kappa shape index (κ2) is 8.06. The first-order valence-corrected chi connectivity index (χ1v) is 7.49. The molecule has 1 aromatic carbocycles. The van der Waals surface area contributed by atoms with E-state index in [1.54, 1.807) is 0 Å². The first kappa shape index (κ1) is 15.9. The Morgan fingerprint density at radius 2 is 2.00 bits per heavy atom. The molecule has 114 valence electrons. The molecule has 0 saturated heterocycles. The molecule has 0 fully saturated rings. The molecule has 1 aromatic rings. The summed E-state index contributed by atoms with van der Waals surface area (Å²) in [5.41, 5.74) is 4.88. The molecule has 0 spiro atoms. The van der Waals surface area contributed by atoms with Gasteiger partial charge in [0, 0.05) is 12.2 Å². The van der Waals surface area contributed by atoms with Crippen LogP contribution in [0.25, 0.3) is 0 Å². The van der Waals surface area contributed by atoms with E-state index in [0.29, 0.717) is 17.9 Å². The Kier molecular flexibility index (Phi) is 5.81. The minimum atomic E-state index is -0.430. The third-order valence-corrected chi connectivity index (χ3v) is 3.25. The number of aliphatic hydroxyl groups is 1. The summed E-state index contributed by atoms with van der Waals surface area (Å²) in [7, 11) is 0. The molecule has 0 aromatic heterocycles. The SMILES string of the molecule is CCCCOC1=CC(=O)C(O)=CC1=C=CCc1ccccc1. The van der Waals surface area contributed by atoms with Crippen molar-refractivity contribution in [3.8, 4) is 0 Å². The number of allylic oxidation sites excluding steroid dienone is 2. The molecule has 1 N–H and O–H groups in total. The van der Waals surface area contributed by atoms with Crippen LogP contribution in [0.1, 0.15) is 25.3 Å². The van der Waals surface area contributed by atoms with E-state index in [4.69, 9.17) is 4.74 Å². The zero-order valence-corrected chi connectivity index (χ0v) is 12.7. The van der Waals surface area contributed by atoms with Crippen molar-refractivity contribution in [3.63, 3.8) is 0 Å². The maximum Gasteiger partial charge on any atom is 0.223 e. The summed E-state index contributed by atoms with van der Waals surface area (Å²) in [6.07, 6.45) is 7.28. The third-order valence-electron chi connectivity index (χ3n) is 3.25. The number of rotatable bonds is 6. The Hall–Kier alpha value is -2.51. The van der Waals surface area contributed by atoms with Crippen molar-refractivity contribution < 1.29 is 14.6 Å². The maximum absolute atomic E-state index is 11.6. The number of benzene rings is 1. The standard InChI is InChI=1S/C19H20O3/c1-2-3-12-22-19-14-18(21)17(20)13-16(19)11-7-10-15-8-5-4-6-9-15/h4-9,13-14,20H,2-3,10,12H2,1H3. The number of ether oxygens (including phenoxy) is 1. The molecule has 0 unspecified atom stereocenters. The van der Waals surface area contributed by atoms with E-state index in [1.807, 2.05) is 36.4 Å². The van der Waals surface area contributed by atoms with Crippen LogP contribution >= 0.6 is 0 Å². The highest BCUT2D eigenvalue weighted by molar-refractivity contribution is 6.04. The summed E-state index contributed by atoms with van der Waals surface area (Å²) in [5, 5.41) is 9.59. The normalized spacial score (nSPS) is 14.0. The molecular formula is C19H20O3. The molecule has 1 aliphatic carbocycles.